The van der Waals surface area contributed by atoms with Crippen LogP contribution in [0.2, 0.25) is 0 Å². The number of rotatable bonds is 6. The van der Waals surface area contributed by atoms with E-state index in [0.717, 1.165) is 5.56 Å². The molecule has 1 aromatic heterocycles. The number of nitrogens with one attached hydrogen (secondary N) is 1. The fourth-order valence-electron chi connectivity index (χ4n) is 1.83. The van der Waals surface area contributed by atoms with Crippen LogP contribution in [0.15, 0.2) is 36.7 Å². The van der Waals surface area contributed by atoms with Crippen molar-refractivity contribution < 1.29 is 9.53 Å². The van der Waals surface area contributed by atoms with Crippen LogP contribution in [0.4, 0.5) is 11.4 Å². The number of hydrogen-bond donors (Lipinski definition) is 2. The van der Waals surface area contributed by atoms with Crippen molar-refractivity contribution in [2.45, 2.75) is 13.0 Å². The number of carbonyl (C=O) groups excluding carboxylic acids is 1. The van der Waals surface area contributed by atoms with E-state index >= 15 is 0 Å². The summed E-state index contributed by atoms with van der Waals surface area (Å²) in [5, 5.41) is 6.93. The molecule has 6 nitrogen and oxygen atoms in total. The molecule has 0 bridgehead atoms. The van der Waals surface area contributed by atoms with E-state index in [9.17, 15) is 4.79 Å². The van der Waals surface area contributed by atoms with Gasteiger partial charge in [0, 0.05) is 19.0 Å². The van der Waals surface area contributed by atoms with Crippen molar-refractivity contribution in [3.63, 3.8) is 0 Å². The SMILES string of the molecule is COCCn1cc(NC(=O)Cc2cccc(N)c2)cn1. The Morgan fingerprint density at radius 2 is 2.35 bits per heavy atom. The first-order chi connectivity index (χ1) is 9.67. The van der Waals surface area contributed by atoms with Crippen LogP contribution < -0.4 is 11.1 Å². The number of anilines is 2. The first-order valence-electron chi connectivity index (χ1n) is 6.33. The molecule has 0 unspecified atom stereocenters. The number of benzene rings is 1. The summed E-state index contributed by atoms with van der Waals surface area (Å²) < 4.78 is 6.69. The zero-order valence-corrected chi connectivity index (χ0v) is 11.4. The van der Waals surface area contributed by atoms with Gasteiger partial charge in [-0.2, -0.15) is 5.10 Å². The predicted octanol–water partition coefficient (Wildman–Crippen LogP) is 1.29. The molecule has 0 saturated heterocycles. The van der Waals surface area contributed by atoms with Gasteiger partial charge in [-0.15, -0.1) is 0 Å². The van der Waals surface area contributed by atoms with Gasteiger partial charge in [-0.3, -0.25) is 9.48 Å². The van der Waals surface area contributed by atoms with Crippen molar-refractivity contribution in [2.75, 3.05) is 24.8 Å². The van der Waals surface area contributed by atoms with Crippen molar-refractivity contribution in [2.24, 2.45) is 0 Å². The normalized spacial score (nSPS) is 10.4. The van der Waals surface area contributed by atoms with Crippen molar-refractivity contribution in [1.29, 1.82) is 0 Å². The summed E-state index contributed by atoms with van der Waals surface area (Å²) in [5.74, 6) is -0.0955. The first-order valence-corrected chi connectivity index (χ1v) is 6.33. The minimum atomic E-state index is -0.0955. The van der Waals surface area contributed by atoms with E-state index in [0.29, 0.717) is 24.5 Å². The number of carbonyl (C=O) groups is 1. The standard InChI is InChI=1S/C14H18N4O2/c1-20-6-5-18-10-13(9-16-18)17-14(19)8-11-3-2-4-12(15)7-11/h2-4,7,9-10H,5-6,8,15H2,1H3,(H,17,19). The Kier molecular flexibility index (Phi) is 4.73. The predicted molar refractivity (Wildman–Crippen MR) is 77.3 cm³/mol. The Labute approximate surface area is 117 Å². The zero-order valence-electron chi connectivity index (χ0n) is 11.4. The van der Waals surface area contributed by atoms with E-state index in [1.807, 2.05) is 12.1 Å². The number of aromatic nitrogens is 2. The summed E-state index contributed by atoms with van der Waals surface area (Å²) >= 11 is 0. The molecule has 1 amide bonds. The van der Waals surface area contributed by atoms with Crippen molar-refractivity contribution >= 4 is 17.3 Å². The number of hydrogen-bond acceptors (Lipinski definition) is 4. The number of ether oxygens (including phenoxy) is 1. The molecule has 0 aliphatic rings. The maximum atomic E-state index is 11.9. The quantitative estimate of drug-likeness (QED) is 0.778. The summed E-state index contributed by atoms with van der Waals surface area (Å²) in [6.07, 6.45) is 3.68. The van der Waals surface area contributed by atoms with Gasteiger partial charge in [-0.25, -0.2) is 0 Å². The van der Waals surface area contributed by atoms with Gasteiger partial charge in [0.15, 0.2) is 0 Å². The fraction of sp³-hybridized carbons (Fsp3) is 0.286. The third kappa shape index (κ3) is 4.10. The zero-order chi connectivity index (χ0) is 14.4. The molecule has 0 aliphatic carbocycles. The van der Waals surface area contributed by atoms with Gasteiger partial charge in [0.25, 0.3) is 0 Å². The van der Waals surface area contributed by atoms with Gasteiger partial charge in [-0.1, -0.05) is 12.1 Å². The molecular formula is C14H18N4O2. The lowest BCUT2D eigenvalue weighted by atomic mass is 10.1. The molecule has 106 valence electrons. The number of amides is 1. The molecule has 6 heteroatoms. The monoisotopic (exact) mass is 274 g/mol. The maximum Gasteiger partial charge on any atom is 0.228 e. The van der Waals surface area contributed by atoms with Gasteiger partial charge < -0.3 is 15.8 Å². The van der Waals surface area contributed by atoms with E-state index in [1.54, 1.807) is 36.3 Å². The second kappa shape index (κ2) is 6.72. The fourth-order valence-corrected chi connectivity index (χ4v) is 1.83. The van der Waals surface area contributed by atoms with Gasteiger partial charge in [0.2, 0.25) is 5.91 Å². The second-order valence-corrected chi connectivity index (χ2v) is 4.45. The maximum absolute atomic E-state index is 11.9. The van der Waals surface area contributed by atoms with E-state index in [4.69, 9.17) is 10.5 Å². The lowest BCUT2D eigenvalue weighted by Gasteiger charge is -2.03. The van der Waals surface area contributed by atoms with Crippen LogP contribution in [0.1, 0.15) is 5.56 Å². The Morgan fingerprint density at radius 3 is 3.10 bits per heavy atom. The van der Waals surface area contributed by atoms with E-state index in [2.05, 4.69) is 10.4 Å². The highest BCUT2D eigenvalue weighted by atomic mass is 16.5. The number of nitrogen functional groups attached to an aromatic ring is 1. The highest BCUT2D eigenvalue weighted by Gasteiger charge is 2.06. The van der Waals surface area contributed by atoms with Crippen LogP contribution in [0.25, 0.3) is 0 Å². The van der Waals surface area contributed by atoms with E-state index in [-0.39, 0.29) is 12.3 Å². The van der Waals surface area contributed by atoms with Crippen molar-refractivity contribution in [3.05, 3.63) is 42.2 Å². The van der Waals surface area contributed by atoms with Gasteiger partial charge in [0.05, 0.1) is 31.5 Å². The molecular weight excluding hydrogens is 256 g/mol. The van der Waals surface area contributed by atoms with Crippen molar-refractivity contribution in [3.8, 4) is 0 Å². The van der Waals surface area contributed by atoms with E-state index in [1.165, 1.54) is 0 Å². The molecule has 0 spiro atoms. The number of nitrogens with two attached hydrogens (primary N) is 1. The molecule has 2 rings (SSSR count). The Morgan fingerprint density at radius 1 is 1.50 bits per heavy atom. The molecule has 1 heterocycles. The minimum absolute atomic E-state index is 0.0955. The topological polar surface area (TPSA) is 82.2 Å². The third-order valence-electron chi connectivity index (χ3n) is 2.76. The first kappa shape index (κ1) is 14.1. The van der Waals surface area contributed by atoms with Gasteiger partial charge in [0.1, 0.15) is 0 Å². The highest BCUT2D eigenvalue weighted by molar-refractivity contribution is 5.92. The summed E-state index contributed by atoms with van der Waals surface area (Å²) in [6, 6.07) is 7.29. The Hall–Kier alpha value is -2.34. The average Bonchev–Trinajstić information content (AvgIpc) is 2.83. The lowest BCUT2D eigenvalue weighted by Crippen LogP contribution is -2.14. The smallest absolute Gasteiger partial charge is 0.228 e. The molecule has 0 fully saturated rings. The van der Waals surface area contributed by atoms with Gasteiger partial charge >= 0.3 is 0 Å². The number of nitrogens with zero attached hydrogens (tertiary/aromatic N) is 2. The Bertz CT molecular complexity index is 580. The second-order valence-electron chi connectivity index (χ2n) is 4.45. The van der Waals surface area contributed by atoms with E-state index < -0.39 is 0 Å². The van der Waals surface area contributed by atoms with Gasteiger partial charge in [-0.05, 0) is 17.7 Å². The summed E-state index contributed by atoms with van der Waals surface area (Å²) in [6.45, 7) is 1.24. The van der Waals surface area contributed by atoms with Crippen LogP contribution >= 0.6 is 0 Å². The molecule has 0 radical (unpaired) electrons. The molecule has 0 atom stereocenters. The molecule has 20 heavy (non-hydrogen) atoms. The minimum Gasteiger partial charge on any atom is -0.399 e. The average molecular weight is 274 g/mol. The Balaban J connectivity index is 1.89. The third-order valence-corrected chi connectivity index (χ3v) is 2.76. The molecule has 0 aliphatic heterocycles. The summed E-state index contributed by atoms with van der Waals surface area (Å²) in [7, 11) is 1.64. The van der Waals surface area contributed by atoms with Crippen LogP contribution in [-0.4, -0.2) is 29.4 Å². The summed E-state index contributed by atoms with van der Waals surface area (Å²) in [5.41, 5.74) is 7.89. The van der Waals surface area contributed by atoms with Crippen LogP contribution in [-0.2, 0) is 22.5 Å². The molecule has 1 aromatic carbocycles. The molecule has 3 N–H and O–H groups in total. The largest absolute Gasteiger partial charge is 0.399 e. The number of methoxy groups -OCH3 is 1. The summed E-state index contributed by atoms with van der Waals surface area (Å²) in [4.78, 5) is 11.9. The van der Waals surface area contributed by atoms with Crippen LogP contribution in [0.3, 0.4) is 0 Å². The lowest BCUT2D eigenvalue weighted by molar-refractivity contribution is -0.115. The molecule has 2 aromatic rings. The van der Waals surface area contributed by atoms with Crippen molar-refractivity contribution in [1.82, 2.24) is 9.78 Å². The molecule has 0 saturated carbocycles. The van der Waals surface area contributed by atoms with Crippen LogP contribution in [0.5, 0.6) is 0 Å². The van der Waals surface area contributed by atoms with Crippen LogP contribution in [0, 0.1) is 0 Å². The highest BCUT2D eigenvalue weighted by Crippen LogP contribution is 2.09.